The molecule has 5 aromatic carbocycles. The van der Waals surface area contributed by atoms with Gasteiger partial charge in [0.2, 0.25) is 0 Å². The van der Waals surface area contributed by atoms with E-state index >= 15 is 0 Å². The van der Waals surface area contributed by atoms with Crippen LogP contribution in [-0.4, -0.2) is 58.1 Å². The molecular formula is C58H65N3O6. The number of nitrogens with one attached hydrogen (secondary N) is 1. The summed E-state index contributed by atoms with van der Waals surface area (Å²) in [6.07, 6.45) is 18.8. The molecule has 5 unspecified atom stereocenters. The largest absolute Gasteiger partial charge is 0.508 e. The van der Waals surface area contributed by atoms with Crippen LogP contribution in [0.5, 0.6) is 17.2 Å². The van der Waals surface area contributed by atoms with E-state index in [4.69, 9.17) is 19.9 Å². The third-order valence-electron chi connectivity index (χ3n) is 15.0. The van der Waals surface area contributed by atoms with E-state index in [9.17, 15) is 15.3 Å². The maximum Gasteiger partial charge on any atom is 0.161 e. The summed E-state index contributed by atoms with van der Waals surface area (Å²) in [7, 11) is 0. The van der Waals surface area contributed by atoms with Crippen LogP contribution >= 0.6 is 0 Å². The summed E-state index contributed by atoms with van der Waals surface area (Å²) in [5.74, 6) is 2.10. The predicted molar refractivity (Wildman–Crippen MR) is 265 cm³/mol. The Morgan fingerprint density at radius 1 is 0.791 bits per heavy atom. The number of ether oxygens (including phenoxy) is 3. The van der Waals surface area contributed by atoms with Gasteiger partial charge in [-0.1, -0.05) is 104 Å². The summed E-state index contributed by atoms with van der Waals surface area (Å²) in [5, 5.41) is 38.9. The quantitative estimate of drug-likeness (QED) is 0.0860. The van der Waals surface area contributed by atoms with Crippen molar-refractivity contribution >= 4 is 16.6 Å². The van der Waals surface area contributed by atoms with Gasteiger partial charge in [0.15, 0.2) is 11.5 Å². The monoisotopic (exact) mass is 899 g/mol. The van der Waals surface area contributed by atoms with E-state index in [0.717, 1.165) is 103 Å². The van der Waals surface area contributed by atoms with Crippen LogP contribution in [-0.2, 0) is 47.2 Å². The minimum atomic E-state index is -0.565. The third-order valence-corrected chi connectivity index (χ3v) is 15.0. The molecule has 0 radical (unpaired) electrons. The number of rotatable bonds is 10. The lowest BCUT2D eigenvalue weighted by molar-refractivity contribution is 0.00498. The van der Waals surface area contributed by atoms with Gasteiger partial charge in [-0.25, -0.2) is 0 Å². The van der Waals surface area contributed by atoms with Gasteiger partial charge in [-0.15, -0.1) is 0 Å². The van der Waals surface area contributed by atoms with Crippen LogP contribution in [0.25, 0.3) is 16.6 Å². The van der Waals surface area contributed by atoms with Crippen molar-refractivity contribution in [3.05, 3.63) is 178 Å². The van der Waals surface area contributed by atoms with Crippen molar-refractivity contribution in [1.29, 1.82) is 0 Å². The van der Waals surface area contributed by atoms with Gasteiger partial charge in [0.05, 0.1) is 31.6 Å². The van der Waals surface area contributed by atoms with Crippen molar-refractivity contribution in [3.8, 4) is 17.2 Å². The Balaban J connectivity index is 0.914. The van der Waals surface area contributed by atoms with E-state index in [1.54, 1.807) is 6.07 Å². The van der Waals surface area contributed by atoms with Gasteiger partial charge in [0.1, 0.15) is 18.2 Å². The number of aliphatic hydroxyl groups excluding tert-OH is 1. The Labute approximate surface area is 394 Å². The molecule has 10 rings (SSSR count). The van der Waals surface area contributed by atoms with Crippen molar-refractivity contribution in [2.45, 2.75) is 114 Å². The van der Waals surface area contributed by atoms with Crippen LogP contribution in [0.1, 0.15) is 102 Å². The fraction of sp³-hybridized carbons (Fsp3) is 0.379. The molecule has 1 saturated heterocycles. The van der Waals surface area contributed by atoms with Crippen LogP contribution in [0.2, 0.25) is 0 Å². The number of fused-ring (bicyclic) bond motifs is 7. The van der Waals surface area contributed by atoms with Gasteiger partial charge >= 0.3 is 0 Å². The van der Waals surface area contributed by atoms with Crippen LogP contribution in [0.15, 0.2) is 133 Å². The zero-order valence-electron chi connectivity index (χ0n) is 38.5. The van der Waals surface area contributed by atoms with Crippen molar-refractivity contribution in [1.82, 2.24) is 9.88 Å². The standard InChI is InChI=1S/C58H65N3O6/c59-56-25-20-43-36-66-50(14-7-2-1-4-12-40-17-23-53(63)44(29-40)28-39-10-5-3-6-11-39)33-49(62)22-16-41-18-24-54(64)55(30-41)67-37-46-32-48(31-45-34-61(35-51(45)46)57(43)60-56)58-26-27-65-38-47(58)21-19-42-13-8-9-15-52(42)58/h3,5-6,8-11,13,15,17-18,20,23-25,29-32,34-35,47,49-50,56,60,62-64H,1-2,4,7,12,14,16,19,21-22,26-28,33,36-38,59H2. The normalized spacial score (nSPS) is 23.1. The van der Waals surface area contributed by atoms with Crippen molar-refractivity contribution in [3.63, 3.8) is 0 Å². The molecule has 6 aromatic rings. The van der Waals surface area contributed by atoms with Crippen molar-refractivity contribution in [2.75, 3.05) is 19.8 Å². The van der Waals surface area contributed by atoms with Crippen molar-refractivity contribution in [2.24, 2.45) is 11.7 Å². The second kappa shape index (κ2) is 20.2. The zero-order valence-corrected chi connectivity index (χ0v) is 38.5. The molecule has 1 aromatic heterocycles. The van der Waals surface area contributed by atoms with E-state index in [0.29, 0.717) is 56.3 Å². The lowest BCUT2D eigenvalue weighted by atomic mass is 9.57. The minimum absolute atomic E-state index is 0.0966. The number of aliphatic hydroxyl groups is 1. The summed E-state index contributed by atoms with van der Waals surface area (Å²) < 4.78 is 21.7. The summed E-state index contributed by atoms with van der Waals surface area (Å²) in [6, 6.07) is 35.6. The number of aryl methyl sites for hydroxylation is 3. The summed E-state index contributed by atoms with van der Waals surface area (Å²) >= 11 is 0. The number of hydrogen-bond donors (Lipinski definition) is 5. The Kier molecular flexibility index (Phi) is 13.5. The van der Waals surface area contributed by atoms with E-state index in [-0.39, 0.29) is 30.0 Å². The number of unbranched alkanes of at least 4 members (excludes halogenated alkanes) is 3. The molecule has 5 atom stereocenters. The maximum atomic E-state index is 11.5. The van der Waals surface area contributed by atoms with Gasteiger partial charge in [-0.05, 0) is 139 Å². The van der Waals surface area contributed by atoms with Crippen molar-refractivity contribution < 1.29 is 29.5 Å². The Morgan fingerprint density at radius 2 is 1.64 bits per heavy atom. The average molecular weight is 900 g/mol. The van der Waals surface area contributed by atoms with E-state index < -0.39 is 6.10 Å². The SMILES string of the molecule is NC1C=CC2=C(N1)n1cc3cc(C45CCOCC4CCc4ccccc45)cc(c3c1)COc1cc(ccc1O)CCC(O)CC(CCCCCCc1ccc(O)c(Cc3ccccc3)c1)OC2. The molecule has 4 bridgehead atoms. The molecule has 4 heterocycles. The number of aromatic nitrogens is 1. The first-order valence-corrected chi connectivity index (χ1v) is 24.6. The molecular weight excluding hydrogens is 835 g/mol. The molecule has 3 aliphatic heterocycles. The molecule has 1 aliphatic carbocycles. The number of phenols is 2. The van der Waals surface area contributed by atoms with Gasteiger partial charge in [-0.3, -0.25) is 0 Å². The third kappa shape index (κ3) is 9.93. The number of hydrogen-bond acceptors (Lipinski definition) is 8. The topological polar surface area (TPSA) is 131 Å². The van der Waals surface area contributed by atoms with Crippen LogP contribution in [0.4, 0.5) is 0 Å². The fourth-order valence-electron chi connectivity index (χ4n) is 11.3. The number of phenolic OH excluding ortho intramolecular Hbond substituents is 2. The Bertz CT molecular complexity index is 2740. The predicted octanol–water partition coefficient (Wildman–Crippen LogP) is 10.4. The first kappa shape index (κ1) is 45.0. The fourth-order valence-corrected chi connectivity index (χ4v) is 11.3. The molecule has 1 fully saturated rings. The Hall–Kier alpha value is -5.84. The molecule has 6 N–H and O–H groups in total. The summed E-state index contributed by atoms with van der Waals surface area (Å²) in [5.41, 5.74) is 16.9. The van der Waals surface area contributed by atoms with Crippen LogP contribution in [0, 0.1) is 5.92 Å². The van der Waals surface area contributed by atoms with E-state index in [1.165, 1.54) is 27.8 Å². The van der Waals surface area contributed by atoms with E-state index in [1.807, 2.05) is 48.5 Å². The molecule has 0 saturated carbocycles. The molecule has 0 spiro atoms. The number of aromatic hydroxyl groups is 2. The molecule has 9 nitrogen and oxygen atoms in total. The first-order chi connectivity index (χ1) is 32.8. The number of dihydropyridines is 1. The summed E-state index contributed by atoms with van der Waals surface area (Å²) in [4.78, 5) is 0. The van der Waals surface area contributed by atoms with Gasteiger partial charge in [-0.2, -0.15) is 0 Å². The number of nitrogens with zero attached hydrogens (tertiary/aromatic N) is 1. The van der Waals surface area contributed by atoms with Crippen LogP contribution in [0.3, 0.4) is 0 Å². The van der Waals surface area contributed by atoms with E-state index in [2.05, 4.69) is 83.0 Å². The summed E-state index contributed by atoms with van der Waals surface area (Å²) in [6.45, 7) is 2.07. The van der Waals surface area contributed by atoms with Gasteiger partial charge in [0.25, 0.3) is 0 Å². The second-order valence-electron chi connectivity index (χ2n) is 19.4. The highest BCUT2D eigenvalue weighted by molar-refractivity contribution is 5.88. The molecule has 67 heavy (non-hydrogen) atoms. The number of nitrogens with two attached hydrogens (primary N) is 1. The molecule has 348 valence electrons. The highest BCUT2D eigenvalue weighted by atomic mass is 16.5. The molecule has 9 heteroatoms. The molecule has 4 aliphatic rings. The smallest absolute Gasteiger partial charge is 0.161 e. The lowest BCUT2D eigenvalue weighted by Gasteiger charge is -2.49. The van der Waals surface area contributed by atoms with Gasteiger partial charge < -0.3 is 45.1 Å². The average Bonchev–Trinajstić information content (AvgIpc) is 3.79. The van der Waals surface area contributed by atoms with Crippen LogP contribution < -0.4 is 15.8 Å². The Morgan fingerprint density at radius 3 is 2.55 bits per heavy atom. The zero-order chi connectivity index (χ0) is 45.7. The first-order valence-electron chi connectivity index (χ1n) is 24.6. The minimum Gasteiger partial charge on any atom is -0.508 e. The maximum absolute atomic E-state index is 11.5. The highest BCUT2D eigenvalue weighted by Gasteiger charge is 2.47. The lowest BCUT2D eigenvalue weighted by Crippen LogP contribution is -2.47. The van der Waals surface area contributed by atoms with Gasteiger partial charge in [0, 0.05) is 47.2 Å². The molecule has 0 amide bonds. The highest BCUT2D eigenvalue weighted by Crippen LogP contribution is 2.52. The number of benzene rings is 5. The second-order valence-corrected chi connectivity index (χ2v) is 19.4.